The van der Waals surface area contributed by atoms with Gasteiger partial charge in [-0.25, -0.2) is 0 Å². The van der Waals surface area contributed by atoms with Crippen molar-refractivity contribution >= 4 is 0 Å². The highest BCUT2D eigenvalue weighted by atomic mass is 15.1. The topological polar surface area (TPSA) is 3.24 Å². The minimum Gasteiger partial charge on any atom is -0.304 e. The molecule has 0 aromatic heterocycles. The van der Waals surface area contributed by atoms with Crippen LogP contribution in [0, 0.1) is 12.3 Å². The minimum atomic E-state index is 0.917. The summed E-state index contributed by atoms with van der Waals surface area (Å²) in [6.45, 7) is 7.93. The summed E-state index contributed by atoms with van der Waals surface area (Å²) in [7, 11) is 0. The molecule has 0 saturated carbocycles. The van der Waals surface area contributed by atoms with Crippen LogP contribution in [0.2, 0.25) is 0 Å². The monoisotopic (exact) mass is 153 g/mol. The van der Waals surface area contributed by atoms with Gasteiger partial charge in [0.25, 0.3) is 0 Å². The van der Waals surface area contributed by atoms with E-state index in [2.05, 4.69) is 24.7 Å². The van der Waals surface area contributed by atoms with E-state index in [0.29, 0.717) is 0 Å². The Kier molecular flexibility index (Phi) is 7.29. The Morgan fingerprint density at radius 3 is 2.45 bits per heavy atom. The fourth-order valence-corrected chi connectivity index (χ4v) is 1.15. The highest BCUT2D eigenvalue weighted by Crippen LogP contribution is 1.95. The predicted octanol–water partition coefficient (Wildman–Crippen LogP) is 2.13. The molecule has 0 rings (SSSR count). The van der Waals surface area contributed by atoms with Crippen molar-refractivity contribution in [1.29, 1.82) is 0 Å². The van der Waals surface area contributed by atoms with Crippen molar-refractivity contribution < 1.29 is 0 Å². The Morgan fingerprint density at radius 1 is 1.27 bits per heavy atom. The smallest absolute Gasteiger partial charge is 0.00982 e. The van der Waals surface area contributed by atoms with Crippen LogP contribution < -0.4 is 0 Å². The second kappa shape index (κ2) is 7.63. The molecule has 0 unspecified atom stereocenters. The number of unbranched alkanes of at least 4 members (excludes halogenated alkanes) is 1. The number of terminal acetylenes is 1. The summed E-state index contributed by atoms with van der Waals surface area (Å²) in [5, 5.41) is 0. The molecule has 1 heteroatoms. The zero-order valence-electron chi connectivity index (χ0n) is 7.77. The van der Waals surface area contributed by atoms with Crippen LogP contribution in [0.4, 0.5) is 0 Å². The standard InChI is InChI=1S/C10H19N/c1-4-7-8-10-11(6-3)9-5-2/h1H,5-10H2,2-3H3. The molecule has 64 valence electrons. The van der Waals surface area contributed by atoms with Gasteiger partial charge in [-0.2, -0.15) is 0 Å². The summed E-state index contributed by atoms with van der Waals surface area (Å²) >= 11 is 0. The zero-order valence-corrected chi connectivity index (χ0v) is 7.77. The molecule has 0 aliphatic heterocycles. The van der Waals surface area contributed by atoms with E-state index >= 15 is 0 Å². The molecule has 0 bridgehead atoms. The lowest BCUT2D eigenvalue weighted by atomic mass is 10.3. The maximum absolute atomic E-state index is 5.16. The Hall–Kier alpha value is -0.480. The first-order valence-electron chi connectivity index (χ1n) is 4.51. The predicted molar refractivity (Wildman–Crippen MR) is 50.5 cm³/mol. The third-order valence-electron chi connectivity index (χ3n) is 1.78. The van der Waals surface area contributed by atoms with Crippen molar-refractivity contribution in [2.75, 3.05) is 19.6 Å². The van der Waals surface area contributed by atoms with Gasteiger partial charge in [-0.05, 0) is 32.5 Å². The van der Waals surface area contributed by atoms with E-state index in [4.69, 9.17) is 6.42 Å². The summed E-state index contributed by atoms with van der Waals surface area (Å²) in [5.74, 6) is 2.66. The van der Waals surface area contributed by atoms with Crippen LogP contribution >= 0.6 is 0 Å². The minimum absolute atomic E-state index is 0.917. The second-order valence-corrected chi connectivity index (χ2v) is 2.74. The Morgan fingerprint density at radius 2 is 2.00 bits per heavy atom. The third-order valence-corrected chi connectivity index (χ3v) is 1.78. The number of hydrogen-bond donors (Lipinski definition) is 0. The molecule has 1 nitrogen and oxygen atoms in total. The second-order valence-electron chi connectivity index (χ2n) is 2.74. The van der Waals surface area contributed by atoms with Crippen LogP contribution in [0.25, 0.3) is 0 Å². The van der Waals surface area contributed by atoms with Crippen LogP contribution in [-0.4, -0.2) is 24.5 Å². The van der Waals surface area contributed by atoms with Gasteiger partial charge in [0.1, 0.15) is 0 Å². The molecule has 0 heterocycles. The van der Waals surface area contributed by atoms with Crippen LogP contribution in [0.5, 0.6) is 0 Å². The molecule has 11 heavy (non-hydrogen) atoms. The third kappa shape index (κ3) is 5.94. The fourth-order valence-electron chi connectivity index (χ4n) is 1.15. The molecule has 0 aliphatic carbocycles. The number of hydrogen-bond acceptors (Lipinski definition) is 1. The number of rotatable bonds is 6. The summed E-state index contributed by atoms with van der Waals surface area (Å²) in [6.07, 6.45) is 8.46. The maximum atomic E-state index is 5.16. The van der Waals surface area contributed by atoms with Crippen molar-refractivity contribution in [3.05, 3.63) is 0 Å². The lowest BCUT2D eigenvalue weighted by Gasteiger charge is -2.18. The summed E-state index contributed by atoms with van der Waals surface area (Å²) in [6, 6.07) is 0. The van der Waals surface area contributed by atoms with Gasteiger partial charge in [-0.15, -0.1) is 12.3 Å². The molecule has 0 N–H and O–H groups in total. The summed E-state index contributed by atoms with van der Waals surface area (Å²) < 4.78 is 0. The largest absolute Gasteiger partial charge is 0.304 e. The summed E-state index contributed by atoms with van der Waals surface area (Å²) in [4.78, 5) is 2.44. The van der Waals surface area contributed by atoms with Crippen LogP contribution in [-0.2, 0) is 0 Å². The molecular formula is C10H19N. The zero-order chi connectivity index (χ0) is 8.53. The Balaban J connectivity index is 3.29. The molecule has 0 atom stereocenters. The van der Waals surface area contributed by atoms with Crippen LogP contribution in [0.1, 0.15) is 33.1 Å². The van der Waals surface area contributed by atoms with Crippen molar-refractivity contribution in [3.63, 3.8) is 0 Å². The Bertz CT molecular complexity index is 113. The van der Waals surface area contributed by atoms with Crippen molar-refractivity contribution in [1.82, 2.24) is 4.90 Å². The van der Waals surface area contributed by atoms with Gasteiger partial charge < -0.3 is 4.90 Å². The van der Waals surface area contributed by atoms with Gasteiger partial charge in [0.15, 0.2) is 0 Å². The molecule has 0 amide bonds. The first-order chi connectivity index (χ1) is 5.35. The van der Waals surface area contributed by atoms with E-state index in [0.717, 1.165) is 25.9 Å². The first kappa shape index (κ1) is 10.5. The van der Waals surface area contributed by atoms with Crippen molar-refractivity contribution in [3.8, 4) is 12.3 Å². The quantitative estimate of drug-likeness (QED) is 0.417. The van der Waals surface area contributed by atoms with Gasteiger partial charge >= 0.3 is 0 Å². The van der Waals surface area contributed by atoms with E-state index in [9.17, 15) is 0 Å². The van der Waals surface area contributed by atoms with Gasteiger partial charge in [-0.1, -0.05) is 13.8 Å². The molecule has 0 spiro atoms. The van der Waals surface area contributed by atoms with Crippen LogP contribution in [0.3, 0.4) is 0 Å². The molecule has 0 saturated heterocycles. The van der Waals surface area contributed by atoms with E-state index in [1.165, 1.54) is 13.0 Å². The average molecular weight is 153 g/mol. The molecule has 0 aromatic carbocycles. The van der Waals surface area contributed by atoms with E-state index < -0.39 is 0 Å². The molecular weight excluding hydrogens is 134 g/mol. The molecule has 0 fully saturated rings. The first-order valence-corrected chi connectivity index (χ1v) is 4.51. The molecule has 0 radical (unpaired) electrons. The highest BCUT2D eigenvalue weighted by molar-refractivity contribution is 4.83. The van der Waals surface area contributed by atoms with Gasteiger partial charge in [0.2, 0.25) is 0 Å². The summed E-state index contributed by atoms with van der Waals surface area (Å²) in [5.41, 5.74) is 0. The maximum Gasteiger partial charge on any atom is 0.00982 e. The van der Waals surface area contributed by atoms with Gasteiger partial charge in [-0.3, -0.25) is 0 Å². The normalized spacial score (nSPS) is 10.0. The van der Waals surface area contributed by atoms with E-state index in [1.807, 2.05) is 0 Å². The van der Waals surface area contributed by atoms with Gasteiger partial charge in [0, 0.05) is 6.42 Å². The van der Waals surface area contributed by atoms with Crippen molar-refractivity contribution in [2.45, 2.75) is 33.1 Å². The fraction of sp³-hybridized carbons (Fsp3) is 0.800. The van der Waals surface area contributed by atoms with Crippen molar-refractivity contribution in [2.24, 2.45) is 0 Å². The van der Waals surface area contributed by atoms with Crippen LogP contribution in [0.15, 0.2) is 0 Å². The highest BCUT2D eigenvalue weighted by Gasteiger charge is 1.97. The lowest BCUT2D eigenvalue weighted by molar-refractivity contribution is 0.286. The lowest BCUT2D eigenvalue weighted by Crippen LogP contribution is -2.25. The Labute approximate surface area is 70.8 Å². The average Bonchev–Trinajstić information content (AvgIpc) is 2.03. The molecule has 0 aromatic rings. The SMILES string of the molecule is C#CCCCN(CC)CCC. The van der Waals surface area contributed by atoms with E-state index in [1.54, 1.807) is 0 Å². The van der Waals surface area contributed by atoms with Gasteiger partial charge in [0.05, 0.1) is 0 Å². The number of nitrogens with zero attached hydrogens (tertiary/aromatic N) is 1. The molecule has 0 aliphatic rings. The van der Waals surface area contributed by atoms with E-state index in [-0.39, 0.29) is 0 Å².